The van der Waals surface area contributed by atoms with Gasteiger partial charge in [0.2, 0.25) is 0 Å². The summed E-state index contributed by atoms with van der Waals surface area (Å²) in [5.74, 6) is -0.207. The molecular weight excluding hydrogens is 428 g/mol. The van der Waals surface area contributed by atoms with E-state index < -0.39 is 4.92 Å². The fraction of sp³-hybridized carbons (Fsp3) is 0.304. The number of carbonyl (C=O) groups excluding carboxylic acids is 1. The lowest BCUT2D eigenvalue weighted by molar-refractivity contribution is -0.384. The van der Waals surface area contributed by atoms with E-state index in [0.717, 1.165) is 28.9 Å². The number of rotatable bonds is 7. The molecule has 2 aromatic carbocycles. The molecule has 0 saturated carbocycles. The number of aryl methyl sites for hydroxylation is 1. The Morgan fingerprint density at radius 2 is 2.06 bits per heavy atom. The van der Waals surface area contributed by atoms with Gasteiger partial charge in [0.15, 0.2) is 5.13 Å². The number of hydrogen-bond donors (Lipinski definition) is 0. The Morgan fingerprint density at radius 1 is 1.28 bits per heavy atom. The van der Waals surface area contributed by atoms with Crippen molar-refractivity contribution in [3.8, 4) is 0 Å². The van der Waals surface area contributed by atoms with Crippen LogP contribution in [0.3, 0.4) is 0 Å². The zero-order valence-corrected chi connectivity index (χ0v) is 18.6. The summed E-state index contributed by atoms with van der Waals surface area (Å²) in [6, 6.07) is 12.2. The van der Waals surface area contributed by atoms with Crippen LogP contribution in [-0.2, 0) is 9.53 Å². The van der Waals surface area contributed by atoms with Gasteiger partial charge >= 0.3 is 0 Å². The third kappa shape index (κ3) is 5.18. The maximum Gasteiger partial charge on any atom is 0.270 e. The van der Waals surface area contributed by atoms with E-state index in [1.807, 2.05) is 25.1 Å². The highest BCUT2D eigenvalue weighted by molar-refractivity contribution is 7.22. The van der Waals surface area contributed by atoms with Crippen LogP contribution < -0.4 is 4.90 Å². The first-order valence-corrected chi connectivity index (χ1v) is 11.2. The molecule has 0 radical (unpaired) electrons. The molecule has 1 aromatic heterocycles. The molecule has 0 atom stereocenters. The molecule has 0 N–H and O–H groups in total. The number of nitrogens with zero attached hydrogens (tertiary/aromatic N) is 4. The Morgan fingerprint density at radius 3 is 2.81 bits per heavy atom. The van der Waals surface area contributed by atoms with E-state index in [4.69, 9.17) is 9.72 Å². The van der Waals surface area contributed by atoms with Crippen LogP contribution in [0.15, 0.2) is 48.5 Å². The molecule has 0 unspecified atom stereocenters. The Labute approximate surface area is 189 Å². The molecular formula is C23H24N4O4S. The number of nitro groups is 1. The van der Waals surface area contributed by atoms with Crippen molar-refractivity contribution in [2.45, 2.75) is 6.92 Å². The minimum Gasteiger partial charge on any atom is -0.379 e. The van der Waals surface area contributed by atoms with Crippen molar-refractivity contribution in [2.75, 3.05) is 44.3 Å². The number of amides is 1. The lowest BCUT2D eigenvalue weighted by atomic mass is 10.2. The van der Waals surface area contributed by atoms with Gasteiger partial charge in [-0.2, -0.15) is 0 Å². The van der Waals surface area contributed by atoms with Crippen molar-refractivity contribution < 1.29 is 14.5 Å². The van der Waals surface area contributed by atoms with Crippen molar-refractivity contribution in [2.24, 2.45) is 0 Å². The highest BCUT2D eigenvalue weighted by atomic mass is 32.1. The second-order valence-electron chi connectivity index (χ2n) is 7.55. The van der Waals surface area contributed by atoms with Crippen molar-refractivity contribution in [1.29, 1.82) is 0 Å². The summed E-state index contributed by atoms with van der Waals surface area (Å²) >= 11 is 1.49. The average molecular weight is 453 g/mol. The maximum atomic E-state index is 13.2. The smallest absolute Gasteiger partial charge is 0.270 e. The predicted molar refractivity (Wildman–Crippen MR) is 126 cm³/mol. The number of morpholine rings is 1. The van der Waals surface area contributed by atoms with E-state index in [-0.39, 0.29) is 11.6 Å². The molecule has 166 valence electrons. The van der Waals surface area contributed by atoms with Crippen molar-refractivity contribution in [3.05, 3.63) is 69.8 Å². The Bertz CT molecular complexity index is 1150. The molecule has 1 aliphatic heterocycles. The van der Waals surface area contributed by atoms with E-state index in [1.54, 1.807) is 23.1 Å². The number of anilines is 1. The number of benzene rings is 2. The molecule has 1 aliphatic rings. The molecule has 3 aromatic rings. The van der Waals surface area contributed by atoms with Crippen molar-refractivity contribution in [3.63, 3.8) is 0 Å². The summed E-state index contributed by atoms with van der Waals surface area (Å²) in [6.45, 7) is 6.29. The molecule has 4 rings (SSSR count). The molecule has 1 saturated heterocycles. The molecule has 1 fully saturated rings. The fourth-order valence-corrected chi connectivity index (χ4v) is 4.63. The van der Waals surface area contributed by atoms with Crippen LogP contribution in [0.1, 0.15) is 11.1 Å². The van der Waals surface area contributed by atoms with Gasteiger partial charge in [-0.05, 0) is 30.2 Å². The second-order valence-corrected chi connectivity index (χ2v) is 8.56. The Balaban J connectivity index is 1.58. The van der Waals surface area contributed by atoms with Crippen molar-refractivity contribution in [1.82, 2.24) is 9.88 Å². The second kappa shape index (κ2) is 9.99. The van der Waals surface area contributed by atoms with Crippen LogP contribution in [0.25, 0.3) is 16.3 Å². The number of thiazole rings is 1. The van der Waals surface area contributed by atoms with Gasteiger partial charge < -0.3 is 4.74 Å². The maximum absolute atomic E-state index is 13.2. The number of non-ortho nitro benzene ring substituents is 1. The summed E-state index contributed by atoms with van der Waals surface area (Å²) in [7, 11) is 0. The number of hydrogen-bond acceptors (Lipinski definition) is 7. The van der Waals surface area contributed by atoms with Gasteiger partial charge in [-0.1, -0.05) is 35.6 Å². The Kier molecular flexibility index (Phi) is 6.89. The van der Waals surface area contributed by atoms with Crippen molar-refractivity contribution >= 4 is 44.4 Å². The number of para-hydroxylation sites is 1. The van der Waals surface area contributed by atoms with E-state index in [0.29, 0.717) is 37.0 Å². The first-order valence-electron chi connectivity index (χ1n) is 10.4. The number of ether oxygens (including phenoxy) is 1. The fourth-order valence-electron chi connectivity index (χ4n) is 3.56. The van der Waals surface area contributed by atoms with Crippen LogP contribution in [-0.4, -0.2) is 60.1 Å². The van der Waals surface area contributed by atoms with Crippen LogP contribution in [0.4, 0.5) is 10.8 Å². The third-order valence-electron chi connectivity index (χ3n) is 5.35. The number of fused-ring (bicyclic) bond motifs is 1. The molecule has 1 amide bonds. The third-order valence-corrected chi connectivity index (χ3v) is 6.39. The zero-order chi connectivity index (χ0) is 22.5. The summed E-state index contributed by atoms with van der Waals surface area (Å²) < 4.78 is 6.45. The van der Waals surface area contributed by atoms with Gasteiger partial charge in [0.1, 0.15) is 0 Å². The highest BCUT2D eigenvalue weighted by Gasteiger charge is 2.20. The SMILES string of the molecule is Cc1cccc2sc(N(CCN3CCOCC3)C(=O)/C=C/c3cccc([N+](=O)[O-])c3)nc12. The molecule has 0 aliphatic carbocycles. The molecule has 32 heavy (non-hydrogen) atoms. The van der Waals surface area contributed by atoms with Crippen LogP contribution in [0.2, 0.25) is 0 Å². The van der Waals surface area contributed by atoms with Gasteiger partial charge in [-0.15, -0.1) is 0 Å². The minimum atomic E-state index is -0.447. The number of carbonyl (C=O) groups is 1. The summed E-state index contributed by atoms with van der Waals surface area (Å²) in [5, 5.41) is 11.7. The van der Waals surface area contributed by atoms with E-state index in [9.17, 15) is 14.9 Å². The van der Waals surface area contributed by atoms with Crippen LogP contribution in [0.5, 0.6) is 0 Å². The summed E-state index contributed by atoms with van der Waals surface area (Å²) in [4.78, 5) is 32.5. The minimum absolute atomic E-state index is 0.00887. The molecule has 8 nitrogen and oxygen atoms in total. The number of nitro benzene ring substituents is 1. The average Bonchev–Trinajstić information content (AvgIpc) is 3.24. The number of aromatic nitrogens is 1. The predicted octanol–water partition coefficient (Wildman–Crippen LogP) is 3.89. The summed E-state index contributed by atoms with van der Waals surface area (Å²) in [5.41, 5.74) is 2.56. The van der Waals surface area contributed by atoms with Gasteiger partial charge in [0.25, 0.3) is 11.6 Å². The largest absolute Gasteiger partial charge is 0.379 e. The van der Waals surface area contributed by atoms with E-state index >= 15 is 0 Å². The topological polar surface area (TPSA) is 88.8 Å². The Hall–Kier alpha value is -3.14. The van der Waals surface area contributed by atoms with E-state index in [1.165, 1.54) is 29.5 Å². The zero-order valence-electron chi connectivity index (χ0n) is 17.8. The van der Waals surface area contributed by atoms with Crippen LogP contribution in [0, 0.1) is 17.0 Å². The standard InChI is InChI=1S/C23H24N4O4S/c1-17-4-2-7-20-22(17)24-23(32-20)26(11-10-25-12-14-31-15-13-25)21(28)9-8-18-5-3-6-19(16-18)27(29)30/h2-9,16H,10-15H2,1H3/b9-8+. The molecule has 2 heterocycles. The lowest BCUT2D eigenvalue weighted by Crippen LogP contribution is -2.42. The van der Waals surface area contributed by atoms with Gasteiger partial charge in [-0.25, -0.2) is 4.98 Å². The normalized spacial score (nSPS) is 14.8. The molecule has 9 heteroatoms. The highest BCUT2D eigenvalue weighted by Crippen LogP contribution is 2.31. The monoisotopic (exact) mass is 452 g/mol. The summed E-state index contributed by atoms with van der Waals surface area (Å²) in [6.07, 6.45) is 3.06. The lowest BCUT2D eigenvalue weighted by Gasteiger charge is -2.28. The van der Waals surface area contributed by atoms with Gasteiger partial charge in [-0.3, -0.25) is 24.7 Å². The first kappa shape index (κ1) is 22.1. The quantitative estimate of drug-likeness (QED) is 0.307. The van der Waals surface area contributed by atoms with Gasteiger partial charge in [0.05, 0.1) is 28.4 Å². The van der Waals surface area contributed by atoms with E-state index in [2.05, 4.69) is 4.90 Å². The van der Waals surface area contributed by atoms with Gasteiger partial charge in [0, 0.05) is 44.4 Å². The molecule has 0 bridgehead atoms. The molecule has 0 spiro atoms. The van der Waals surface area contributed by atoms with Crippen LogP contribution >= 0.6 is 11.3 Å². The first-order chi connectivity index (χ1) is 15.5.